The minimum atomic E-state index is 0.373. The first-order valence-corrected chi connectivity index (χ1v) is 6.73. The summed E-state index contributed by atoms with van der Waals surface area (Å²) in [7, 11) is 0. The SMILES string of the molecule is Oc1cccc2c1CCC2NCCCn1ccnn1. The molecule has 1 aliphatic rings. The molecule has 0 saturated carbocycles. The molecule has 0 spiro atoms. The maximum absolute atomic E-state index is 9.80. The molecule has 0 radical (unpaired) electrons. The minimum absolute atomic E-state index is 0.373. The smallest absolute Gasteiger partial charge is 0.119 e. The molecule has 5 nitrogen and oxygen atoms in total. The van der Waals surface area contributed by atoms with Crippen LogP contribution >= 0.6 is 0 Å². The standard InChI is InChI=1S/C14H18N4O/c19-14-4-1-3-11-12(14)5-6-13(11)15-7-2-9-18-10-8-16-17-18/h1,3-4,8,10,13,15,19H,2,5-7,9H2. The Bertz CT molecular complexity index is 538. The van der Waals surface area contributed by atoms with E-state index in [2.05, 4.69) is 21.7 Å². The minimum Gasteiger partial charge on any atom is -0.508 e. The molecule has 0 fully saturated rings. The van der Waals surface area contributed by atoms with Crippen molar-refractivity contribution in [2.45, 2.75) is 31.8 Å². The van der Waals surface area contributed by atoms with E-state index >= 15 is 0 Å². The summed E-state index contributed by atoms with van der Waals surface area (Å²) in [6.07, 6.45) is 6.62. The molecule has 1 aromatic heterocycles. The van der Waals surface area contributed by atoms with Gasteiger partial charge in [0, 0.05) is 18.8 Å². The second-order valence-electron chi connectivity index (χ2n) is 4.91. The van der Waals surface area contributed by atoms with Crippen molar-refractivity contribution >= 4 is 0 Å². The third kappa shape index (κ3) is 2.61. The highest BCUT2D eigenvalue weighted by Crippen LogP contribution is 2.36. The fourth-order valence-corrected chi connectivity index (χ4v) is 2.72. The van der Waals surface area contributed by atoms with Gasteiger partial charge in [-0.05, 0) is 43.0 Å². The summed E-state index contributed by atoms with van der Waals surface area (Å²) >= 11 is 0. The van der Waals surface area contributed by atoms with Crippen molar-refractivity contribution in [1.82, 2.24) is 20.3 Å². The Morgan fingerprint density at radius 2 is 2.37 bits per heavy atom. The van der Waals surface area contributed by atoms with Crippen molar-refractivity contribution in [3.8, 4) is 5.75 Å². The van der Waals surface area contributed by atoms with Gasteiger partial charge >= 0.3 is 0 Å². The summed E-state index contributed by atoms with van der Waals surface area (Å²) < 4.78 is 1.84. The number of aromatic nitrogens is 3. The van der Waals surface area contributed by atoms with Gasteiger partial charge in [0.05, 0.1) is 6.20 Å². The number of phenols is 1. The quantitative estimate of drug-likeness (QED) is 0.800. The van der Waals surface area contributed by atoms with Crippen LogP contribution in [0, 0.1) is 0 Å². The summed E-state index contributed by atoms with van der Waals surface area (Å²) in [5.74, 6) is 0.435. The van der Waals surface area contributed by atoms with Gasteiger partial charge in [-0.1, -0.05) is 17.3 Å². The van der Waals surface area contributed by atoms with Gasteiger partial charge in [0.25, 0.3) is 0 Å². The maximum Gasteiger partial charge on any atom is 0.119 e. The average molecular weight is 258 g/mol. The summed E-state index contributed by atoms with van der Waals surface area (Å²) in [6, 6.07) is 6.17. The van der Waals surface area contributed by atoms with Gasteiger partial charge in [-0.3, -0.25) is 4.68 Å². The van der Waals surface area contributed by atoms with Crippen molar-refractivity contribution in [1.29, 1.82) is 0 Å². The molecular formula is C14H18N4O. The first-order valence-electron chi connectivity index (χ1n) is 6.73. The summed E-state index contributed by atoms with van der Waals surface area (Å²) in [5, 5.41) is 21.1. The molecule has 1 atom stereocenters. The van der Waals surface area contributed by atoms with Crippen LogP contribution in [-0.2, 0) is 13.0 Å². The molecule has 1 aromatic carbocycles. The molecule has 2 N–H and O–H groups in total. The van der Waals surface area contributed by atoms with Crippen molar-refractivity contribution in [3.63, 3.8) is 0 Å². The number of hydrogen-bond donors (Lipinski definition) is 2. The number of hydrogen-bond acceptors (Lipinski definition) is 4. The van der Waals surface area contributed by atoms with Gasteiger partial charge in [0.1, 0.15) is 5.75 Å². The highest BCUT2D eigenvalue weighted by Gasteiger charge is 2.23. The molecule has 19 heavy (non-hydrogen) atoms. The first-order chi connectivity index (χ1) is 9.34. The average Bonchev–Trinajstić information content (AvgIpc) is 3.05. The van der Waals surface area contributed by atoms with Gasteiger partial charge in [-0.25, -0.2) is 0 Å². The molecular weight excluding hydrogens is 240 g/mol. The van der Waals surface area contributed by atoms with Crippen LogP contribution in [0.1, 0.15) is 30.0 Å². The fraction of sp³-hybridized carbons (Fsp3) is 0.429. The van der Waals surface area contributed by atoms with E-state index in [-0.39, 0.29) is 0 Å². The third-order valence-corrected chi connectivity index (χ3v) is 3.67. The van der Waals surface area contributed by atoms with Gasteiger partial charge in [-0.2, -0.15) is 0 Å². The number of phenolic OH excluding ortho intramolecular Hbond substituents is 1. The van der Waals surface area contributed by atoms with Gasteiger partial charge in [-0.15, -0.1) is 5.10 Å². The Morgan fingerprint density at radius 1 is 1.42 bits per heavy atom. The summed E-state index contributed by atoms with van der Waals surface area (Å²) in [6.45, 7) is 1.83. The van der Waals surface area contributed by atoms with Gasteiger partial charge < -0.3 is 10.4 Å². The molecule has 1 unspecified atom stereocenters. The second-order valence-corrected chi connectivity index (χ2v) is 4.91. The van der Waals surface area contributed by atoms with E-state index in [4.69, 9.17) is 0 Å². The van der Waals surface area contributed by atoms with Gasteiger partial charge in [0.15, 0.2) is 0 Å². The Kier molecular flexibility index (Phi) is 3.46. The molecule has 100 valence electrons. The molecule has 5 heteroatoms. The van der Waals surface area contributed by atoms with Crippen molar-refractivity contribution in [3.05, 3.63) is 41.7 Å². The van der Waals surface area contributed by atoms with E-state index in [0.29, 0.717) is 11.8 Å². The molecule has 0 amide bonds. The van der Waals surface area contributed by atoms with Crippen molar-refractivity contribution in [2.24, 2.45) is 0 Å². The number of benzene rings is 1. The summed E-state index contributed by atoms with van der Waals surface area (Å²) in [4.78, 5) is 0. The van der Waals surface area contributed by atoms with E-state index in [1.165, 1.54) is 5.56 Å². The van der Waals surface area contributed by atoms with E-state index < -0.39 is 0 Å². The number of fused-ring (bicyclic) bond motifs is 1. The first kappa shape index (κ1) is 12.2. The number of nitrogens with one attached hydrogen (secondary N) is 1. The topological polar surface area (TPSA) is 63.0 Å². The zero-order valence-electron chi connectivity index (χ0n) is 10.8. The zero-order chi connectivity index (χ0) is 13.1. The monoisotopic (exact) mass is 258 g/mol. The molecule has 1 aliphatic carbocycles. The molecule has 0 aliphatic heterocycles. The van der Waals surface area contributed by atoms with Crippen LogP contribution in [0.5, 0.6) is 5.75 Å². The number of rotatable bonds is 5. The lowest BCUT2D eigenvalue weighted by Crippen LogP contribution is -2.21. The molecule has 0 saturated heterocycles. The predicted molar refractivity (Wildman–Crippen MR) is 71.8 cm³/mol. The zero-order valence-corrected chi connectivity index (χ0v) is 10.8. The Labute approximate surface area is 112 Å². The normalized spacial score (nSPS) is 17.6. The van der Waals surface area contributed by atoms with Crippen LogP contribution in [-0.4, -0.2) is 26.6 Å². The van der Waals surface area contributed by atoms with E-state index in [1.807, 2.05) is 16.9 Å². The highest BCUT2D eigenvalue weighted by atomic mass is 16.3. The Hall–Kier alpha value is -1.88. The van der Waals surface area contributed by atoms with Crippen LogP contribution < -0.4 is 5.32 Å². The van der Waals surface area contributed by atoms with E-state index in [9.17, 15) is 5.11 Å². The fourth-order valence-electron chi connectivity index (χ4n) is 2.72. The van der Waals surface area contributed by atoms with Crippen LogP contribution in [0.25, 0.3) is 0 Å². The maximum atomic E-state index is 9.80. The lowest BCUT2D eigenvalue weighted by molar-refractivity contribution is 0.469. The summed E-state index contributed by atoms with van der Waals surface area (Å²) in [5.41, 5.74) is 2.36. The van der Waals surface area contributed by atoms with Crippen LogP contribution in [0.3, 0.4) is 0 Å². The van der Waals surface area contributed by atoms with Gasteiger partial charge in [0.2, 0.25) is 0 Å². The Balaban J connectivity index is 1.51. The van der Waals surface area contributed by atoms with Crippen LogP contribution in [0.4, 0.5) is 0 Å². The molecule has 3 rings (SSSR count). The van der Waals surface area contributed by atoms with E-state index in [0.717, 1.165) is 37.9 Å². The second kappa shape index (κ2) is 5.40. The third-order valence-electron chi connectivity index (χ3n) is 3.67. The largest absolute Gasteiger partial charge is 0.508 e. The predicted octanol–water partition coefficient (Wildman–Crippen LogP) is 1.65. The van der Waals surface area contributed by atoms with Crippen molar-refractivity contribution < 1.29 is 5.11 Å². The van der Waals surface area contributed by atoms with Crippen molar-refractivity contribution in [2.75, 3.05) is 6.54 Å². The van der Waals surface area contributed by atoms with Crippen LogP contribution in [0.2, 0.25) is 0 Å². The Morgan fingerprint density at radius 3 is 3.21 bits per heavy atom. The number of aryl methyl sites for hydroxylation is 1. The molecule has 2 aromatic rings. The molecule has 0 bridgehead atoms. The van der Waals surface area contributed by atoms with E-state index in [1.54, 1.807) is 12.3 Å². The highest BCUT2D eigenvalue weighted by molar-refractivity contribution is 5.44. The molecule has 1 heterocycles. The lowest BCUT2D eigenvalue weighted by atomic mass is 10.1. The number of aromatic hydroxyl groups is 1. The number of nitrogens with zero attached hydrogens (tertiary/aromatic N) is 3. The lowest BCUT2D eigenvalue weighted by Gasteiger charge is -2.14. The van der Waals surface area contributed by atoms with Crippen LogP contribution in [0.15, 0.2) is 30.6 Å².